The lowest BCUT2D eigenvalue weighted by Gasteiger charge is -2.15. The van der Waals surface area contributed by atoms with Crippen molar-refractivity contribution in [2.45, 2.75) is 45.3 Å². The molecule has 1 unspecified atom stereocenters. The minimum atomic E-state index is -0.0556. The number of amides is 1. The lowest BCUT2D eigenvalue weighted by molar-refractivity contribution is -0.127. The number of likely N-dealkylation sites (N-methyl/N-ethyl adjacent to an activating group) is 1. The van der Waals surface area contributed by atoms with E-state index in [-0.39, 0.29) is 42.5 Å². The lowest BCUT2D eigenvalue weighted by atomic mass is 10.1. The Morgan fingerprint density at radius 3 is 2.77 bits per heavy atom. The first kappa shape index (κ1) is 22.7. The van der Waals surface area contributed by atoms with Crippen LogP contribution >= 0.6 is 24.0 Å². The molecule has 8 nitrogen and oxygen atoms in total. The quantitative estimate of drug-likeness (QED) is 0.352. The van der Waals surface area contributed by atoms with E-state index in [2.05, 4.69) is 34.6 Å². The van der Waals surface area contributed by atoms with E-state index in [4.69, 9.17) is 9.26 Å². The smallest absolute Gasteiger partial charge is 0.243 e. The predicted octanol–water partition coefficient (Wildman–Crippen LogP) is 1.72. The van der Waals surface area contributed by atoms with E-state index in [0.717, 1.165) is 30.9 Å². The van der Waals surface area contributed by atoms with Gasteiger partial charge in [0.1, 0.15) is 6.54 Å². The van der Waals surface area contributed by atoms with E-state index in [9.17, 15) is 4.79 Å². The van der Waals surface area contributed by atoms with Crippen molar-refractivity contribution < 1.29 is 14.1 Å². The Morgan fingerprint density at radius 2 is 2.19 bits per heavy atom. The summed E-state index contributed by atoms with van der Waals surface area (Å²) in [5, 5.41) is 10.5. The van der Waals surface area contributed by atoms with E-state index < -0.39 is 0 Å². The second-order valence-corrected chi connectivity index (χ2v) is 6.70. The third-order valence-electron chi connectivity index (χ3n) is 3.99. The summed E-state index contributed by atoms with van der Waals surface area (Å²) in [6.07, 6.45) is 2.31. The summed E-state index contributed by atoms with van der Waals surface area (Å²) >= 11 is 0. The average molecular weight is 479 g/mol. The number of rotatable bonds is 7. The minimum absolute atomic E-state index is 0. The number of carbonyl (C=O) groups excluding carboxylic acids is 1. The van der Waals surface area contributed by atoms with Gasteiger partial charge >= 0.3 is 0 Å². The van der Waals surface area contributed by atoms with Crippen LogP contribution in [0.4, 0.5) is 0 Å². The molecule has 0 saturated carbocycles. The van der Waals surface area contributed by atoms with Crippen LogP contribution in [0.25, 0.3) is 0 Å². The Bertz CT molecular complexity index is 583. The van der Waals surface area contributed by atoms with Crippen molar-refractivity contribution in [3.63, 3.8) is 0 Å². The van der Waals surface area contributed by atoms with Crippen molar-refractivity contribution in [1.82, 2.24) is 20.7 Å². The number of nitrogens with one attached hydrogen (secondary N) is 2. The minimum Gasteiger partial charge on any atom is -0.376 e. The topological polar surface area (TPSA) is 92.0 Å². The third-order valence-corrected chi connectivity index (χ3v) is 3.99. The highest BCUT2D eigenvalue weighted by molar-refractivity contribution is 14.0. The summed E-state index contributed by atoms with van der Waals surface area (Å²) < 4.78 is 10.9. The Hall–Kier alpha value is -1.36. The van der Waals surface area contributed by atoms with Crippen LogP contribution in [0.15, 0.2) is 15.6 Å². The number of carbonyl (C=O) groups is 1. The van der Waals surface area contributed by atoms with Gasteiger partial charge in [0.15, 0.2) is 11.7 Å². The lowest BCUT2D eigenvalue weighted by Crippen LogP contribution is -2.41. The van der Waals surface area contributed by atoms with Gasteiger partial charge in [-0.25, -0.2) is 4.99 Å². The molecule has 2 heterocycles. The van der Waals surface area contributed by atoms with Gasteiger partial charge < -0.3 is 24.8 Å². The summed E-state index contributed by atoms with van der Waals surface area (Å²) in [6, 6.07) is 1.93. The Morgan fingerprint density at radius 1 is 1.42 bits per heavy atom. The fourth-order valence-corrected chi connectivity index (χ4v) is 2.33. The molecule has 1 saturated heterocycles. The molecule has 2 N–H and O–H groups in total. The molecule has 9 heteroatoms. The zero-order valence-electron chi connectivity index (χ0n) is 15.9. The average Bonchev–Trinajstić information content (AvgIpc) is 3.25. The molecular formula is C17H30IN5O3. The number of halogens is 1. The molecule has 1 atom stereocenters. The second kappa shape index (κ2) is 11.4. The van der Waals surface area contributed by atoms with Crippen molar-refractivity contribution in [2.24, 2.45) is 4.99 Å². The van der Waals surface area contributed by atoms with Crippen molar-refractivity contribution in [1.29, 1.82) is 0 Å². The molecule has 1 aliphatic heterocycles. The molecule has 1 aromatic heterocycles. The van der Waals surface area contributed by atoms with Gasteiger partial charge in [-0.3, -0.25) is 4.79 Å². The first-order chi connectivity index (χ1) is 12.0. The highest BCUT2D eigenvalue weighted by Gasteiger charge is 2.16. The number of nitrogens with zero attached hydrogens (tertiary/aromatic N) is 3. The maximum absolute atomic E-state index is 11.8. The maximum Gasteiger partial charge on any atom is 0.243 e. The molecule has 0 aromatic carbocycles. The molecule has 1 aliphatic rings. The van der Waals surface area contributed by atoms with Crippen LogP contribution in [0.5, 0.6) is 0 Å². The summed E-state index contributed by atoms with van der Waals surface area (Å²) in [7, 11) is 3.43. The van der Waals surface area contributed by atoms with Gasteiger partial charge in [-0.2, -0.15) is 0 Å². The highest BCUT2D eigenvalue weighted by atomic mass is 127. The SMILES string of the molecule is CC(C)c1cc(CNC(=NCC(=O)N(C)C)NCC2CCCO2)on1.I. The molecule has 26 heavy (non-hydrogen) atoms. The maximum atomic E-state index is 11.8. The van der Waals surface area contributed by atoms with Crippen LogP contribution in [-0.2, 0) is 16.1 Å². The molecule has 1 amide bonds. The normalized spacial score (nSPS) is 17.1. The summed E-state index contributed by atoms with van der Waals surface area (Å²) in [5.41, 5.74) is 0.922. The Labute approximate surface area is 172 Å². The number of hydrogen-bond donors (Lipinski definition) is 2. The van der Waals surface area contributed by atoms with Crippen LogP contribution < -0.4 is 10.6 Å². The van der Waals surface area contributed by atoms with Crippen molar-refractivity contribution in [2.75, 3.05) is 33.8 Å². The number of guanidine groups is 1. The molecule has 1 aromatic rings. The van der Waals surface area contributed by atoms with E-state index in [0.29, 0.717) is 25.0 Å². The molecule has 2 rings (SSSR count). The van der Waals surface area contributed by atoms with Crippen molar-refractivity contribution in [3.05, 3.63) is 17.5 Å². The first-order valence-corrected chi connectivity index (χ1v) is 8.75. The van der Waals surface area contributed by atoms with E-state index in [1.807, 2.05) is 6.07 Å². The largest absolute Gasteiger partial charge is 0.376 e. The summed E-state index contributed by atoms with van der Waals surface area (Å²) in [6.45, 7) is 6.14. The van der Waals surface area contributed by atoms with Crippen LogP contribution in [-0.4, -0.2) is 61.8 Å². The summed E-state index contributed by atoms with van der Waals surface area (Å²) in [4.78, 5) is 17.6. The Kier molecular flexibility index (Phi) is 9.92. The van der Waals surface area contributed by atoms with Gasteiger partial charge in [0, 0.05) is 33.3 Å². The fraction of sp³-hybridized carbons (Fsp3) is 0.706. The number of aromatic nitrogens is 1. The van der Waals surface area contributed by atoms with E-state index >= 15 is 0 Å². The molecule has 0 radical (unpaired) electrons. The zero-order chi connectivity index (χ0) is 18.2. The van der Waals surface area contributed by atoms with Crippen LogP contribution in [0.2, 0.25) is 0 Å². The van der Waals surface area contributed by atoms with Crippen LogP contribution in [0.3, 0.4) is 0 Å². The molecule has 0 bridgehead atoms. The van der Waals surface area contributed by atoms with Gasteiger partial charge in [0.2, 0.25) is 5.91 Å². The van der Waals surface area contributed by atoms with Gasteiger partial charge in [0.05, 0.1) is 18.3 Å². The second-order valence-electron chi connectivity index (χ2n) is 6.70. The highest BCUT2D eigenvalue weighted by Crippen LogP contribution is 2.14. The first-order valence-electron chi connectivity index (χ1n) is 8.75. The zero-order valence-corrected chi connectivity index (χ0v) is 18.3. The van der Waals surface area contributed by atoms with Gasteiger partial charge in [-0.1, -0.05) is 19.0 Å². The van der Waals surface area contributed by atoms with Crippen molar-refractivity contribution >= 4 is 35.8 Å². The van der Waals surface area contributed by atoms with Gasteiger partial charge in [0.25, 0.3) is 0 Å². The number of hydrogen-bond acceptors (Lipinski definition) is 5. The predicted molar refractivity (Wildman–Crippen MR) is 111 cm³/mol. The van der Waals surface area contributed by atoms with Crippen LogP contribution in [0, 0.1) is 0 Å². The Balaban J connectivity index is 0.00000338. The third kappa shape index (κ3) is 7.48. The van der Waals surface area contributed by atoms with Crippen molar-refractivity contribution in [3.8, 4) is 0 Å². The molecule has 148 valence electrons. The van der Waals surface area contributed by atoms with Gasteiger partial charge in [-0.05, 0) is 18.8 Å². The number of ether oxygens (including phenoxy) is 1. The number of aliphatic imine (C=N–C) groups is 1. The molecule has 1 fully saturated rings. The van der Waals surface area contributed by atoms with E-state index in [1.54, 1.807) is 14.1 Å². The standard InChI is InChI=1S/C17H29N5O3.HI/c1-12(2)15-8-14(25-21-15)10-19-17(20-11-16(23)22(3)4)18-9-13-6-5-7-24-13;/h8,12-13H,5-7,9-11H2,1-4H3,(H2,18,19,20);1H. The van der Waals surface area contributed by atoms with E-state index in [1.165, 1.54) is 4.90 Å². The van der Waals surface area contributed by atoms with Crippen LogP contribution in [0.1, 0.15) is 44.1 Å². The molecule has 0 aliphatic carbocycles. The monoisotopic (exact) mass is 479 g/mol. The summed E-state index contributed by atoms with van der Waals surface area (Å²) in [5.74, 6) is 1.56. The fourth-order valence-electron chi connectivity index (χ4n) is 2.33. The molecule has 0 spiro atoms. The molecular weight excluding hydrogens is 449 g/mol. The van der Waals surface area contributed by atoms with Gasteiger partial charge in [-0.15, -0.1) is 24.0 Å².